The Labute approximate surface area is 112 Å². The average molecular weight is 258 g/mol. The summed E-state index contributed by atoms with van der Waals surface area (Å²) in [5.41, 5.74) is -0.636. The summed E-state index contributed by atoms with van der Waals surface area (Å²) in [6, 6.07) is 0.584. The Kier molecular flexibility index (Phi) is 6.05. The Morgan fingerprint density at radius 1 is 1.44 bits per heavy atom. The van der Waals surface area contributed by atoms with E-state index in [1.54, 1.807) is 0 Å². The van der Waals surface area contributed by atoms with Gasteiger partial charge in [0.2, 0.25) is 0 Å². The number of ether oxygens (including phenoxy) is 1. The summed E-state index contributed by atoms with van der Waals surface area (Å²) < 4.78 is 5.84. The van der Waals surface area contributed by atoms with E-state index in [1.807, 2.05) is 13.8 Å². The molecule has 0 aromatic rings. The third-order valence-corrected chi connectivity index (χ3v) is 3.42. The van der Waals surface area contributed by atoms with Crippen LogP contribution in [0.5, 0.6) is 0 Å². The highest BCUT2D eigenvalue weighted by atomic mass is 16.5. The molecule has 1 N–H and O–H groups in total. The molecule has 18 heavy (non-hydrogen) atoms. The molecule has 1 unspecified atom stereocenters. The quantitative estimate of drug-likeness (QED) is 0.776. The van der Waals surface area contributed by atoms with Crippen molar-refractivity contribution in [3.8, 4) is 0 Å². The number of likely N-dealkylation sites (N-methyl/N-ethyl adjacent to an activating group) is 1. The van der Waals surface area contributed by atoms with E-state index < -0.39 is 5.60 Å². The minimum Gasteiger partial charge on any atom is -0.389 e. The van der Waals surface area contributed by atoms with E-state index in [9.17, 15) is 5.11 Å². The summed E-state index contributed by atoms with van der Waals surface area (Å²) in [5.74, 6) is 0. The van der Waals surface area contributed by atoms with Gasteiger partial charge in [0.15, 0.2) is 0 Å². The largest absolute Gasteiger partial charge is 0.389 e. The highest BCUT2D eigenvalue weighted by Gasteiger charge is 2.25. The van der Waals surface area contributed by atoms with Crippen molar-refractivity contribution in [2.75, 3.05) is 39.3 Å². The Hall–Kier alpha value is -0.160. The molecule has 1 aliphatic rings. The van der Waals surface area contributed by atoms with E-state index in [0.717, 1.165) is 32.8 Å². The lowest BCUT2D eigenvalue weighted by atomic mass is 10.1. The predicted molar refractivity (Wildman–Crippen MR) is 74.9 cm³/mol. The van der Waals surface area contributed by atoms with Gasteiger partial charge in [-0.05, 0) is 34.2 Å². The van der Waals surface area contributed by atoms with Gasteiger partial charge in [0, 0.05) is 32.2 Å². The van der Waals surface area contributed by atoms with Crippen molar-refractivity contribution in [1.82, 2.24) is 9.80 Å². The van der Waals surface area contributed by atoms with E-state index in [4.69, 9.17) is 4.74 Å². The van der Waals surface area contributed by atoms with E-state index in [-0.39, 0.29) is 6.10 Å². The highest BCUT2D eigenvalue weighted by Crippen LogP contribution is 2.12. The van der Waals surface area contributed by atoms with Crippen molar-refractivity contribution in [2.24, 2.45) is 0 Å². The van der Waals surface area contributed by atoms with Crippen LogP contribution in [0.25, 0.3) is 0 Å². The van der Waals surface area contributed by atoms with Crippen LogP contribution < -0.4 is 0 Å². The van der Waals surface area contributed by atoms with Gasteiger partial charge < -0.3 is 9.84 Å². The van der Waals surface area contributed by atoms with Gasteiger partial charge in [-0.2, -0.15) is 0 Å². The van der Waals surface area contributed by atoms with Gasteiger partial charge in [0.05, 0.1) is 18.3 Å². The third kappa shape index (κ3) is 5.65. The average Bonchev–Trinajstić information content (AvgIpc) is 2.26. The maximum absolute atomic E-state index is 9.90. The van der Waals surface area contributed by atoms with Crippen LogP contribution in [0.4, 0.5) is 0 Å². The summed E-state index contributed by atoms with van der Waals surface area (Å²) in [5, 5.41) is 9.90. The fraction of sp³-hybridized carbons (Fsp3) is 1.00. The molecule has 1 saturated heterocycles. The Morgan fingerprint density at radius 2 is 2.11 bits per heavy atom. The summed E-state index contributed by atoms with van der Waals surface area (Å²) in [7, 11) is 0. The van der Waals surface area contributed by atoms with Gasteiger partial charge in [-0.25, -0.2) is 0 Å². The molecule has 1 fully saturated rings. The molecule has 1 atom stereocenters. The third-order valence-electron chi connectivity index (χ3n) is 3.42. The van der Waals surface area contributed by atoms with Crippen LogP contribution in [0.3, 0.4) is 0 Å². The number of nitrogens with zero attached hydrogens (tertiary/aromatic N) is 2. The molecular weight excluding hydrogens is 228 g/mol. The smallest absolute Gasteiger partial charge is 0.0829 e. The molecule has 4 heteroatoms. The molecule has 0 aromatic carbocycles. The zero-order valence-corrected chi connectivity index (χ0v) is 12.6. The van der Waals surface area contributed by atoms with E-state index in [2.05, 4.69) is 30.6 Å². The molecule has 108 valence electrons. The van der Waals surface area contributed by atoms with E-state index in [1.165, 1.54) is 0 Å². The minimum absolute atomic E-state index is 0.267. The standard InChI is InChI=1S/C14H30N2O2/c1-6-15(11-14(4,5)17)9-13-10-16(12(2)3)7-8-18-13/h12-13,17H,6-11H2,1-5H3. The summed E-state index contributed by atoms with van der Waals surface area (Å²) in [6.07, 6.45) is 0.267. The van der Waals surface area contributed by atoms with E-state index in [0.29, 0.717) is 12.6 Å². The first-order valence-corrected chi connectivity index (χ1v) is 7.12. The fourth-order valence-corrected chi connectivity index (χ4v) is 2.46. The second-order valence-electron chi connectivity index (χ2n) is 6.22. The van der Waals surface area contributed by atoms with Gasteiger partial charge >= 0.3 is 0 Å². The van der Waals surface area contributed by atoms with Gasteiger partial charge in [-0.1, -0.05) is 6.92 Å². The Morgan fingerprint density at radius 3 is 2.61 bits per heavy atom. The summed E-state index contributed by atoms with van der Waals surface area (Å²) >= 11 is 0. The topological polar surface area (TPSA) is 35.9 Å². The fourth-order valence-electron chi connectivity index (χ4n) is 2.46. The summed E-state index contributed by atoms with van der Waals surface area (Å²) in [4.78, 5) is 4.74. The van der Waals surface area contributed by atoms with Gasteiger partial charge in [-0.3, -0.25) is 9.80 Å². The van der Waals surface area contributed by atoms with Crippen LogP contribution in [0.15, 0.2) is 0 Å². The van der Waals surface area contributed by atoms with Crippen molar-refractivity contribution in [3.63, 3.8) is 0 Å². The van der Waals surface area contributed by atoms with Gasteiger partial charge in [0.25, 0.3) is 0 Å². The van der Waals surface area contributed by atoms with Crippen LogP contribution in [-0.4, -0.2) is 72.0 Å². The Bertz CT molecular complexity index is 238. The van der Waals surface area contributed by atoms with Crippen molar-refractivity contribution >= 4 is 0 Å². The van der Waals surface area contributed by atoms with Crippen molar-refractivity contribution < 1.29 is 9.84 Å². The maximum atomic E-state index is 9.90. The van der Waals surface area contributed by atoms with Crippen LogP contribution in [0.2, 0.25) is 0 Å². The van der Waals surface area contributed by atoms with Crippen LogP contribution >= 0.6 is 0 Å². The molecule has 0 saturated carbocycles. The van der Waals surface area contributed by atoms with Crippen LogP contribution in [-0.2, 0) is 4.74 Å². The summed E-state index contributed by atoms with van der Waals surface area (Å²) in [6.45, 7) is 15.7. The zero-order valence-electron chi connectivity index (χ0n) is 12.6. The number of hydrogen-bond acceptors (Lipinski definition) is 4. The molecular formula is C14H30N2O2. The predicted octanol–water partition coefficient (Wildman–Crippen LogP) is 1.19. The van der Waals surface area contributed by atoms with Crippen molar-refractivity contribution in [2.45, 2.75) is 52.4 Å². The van der Waals surface area contributed by atoms with Crippen molar-refractivity contribution in [1.29, 1.82) is 0 Å². The maximum Gasteiger partial charge on any atom is 0.0829 e. The van der Waals surface area contributed by atoms with Crippen LogP contribution in [0.1, 0.15) is 34.6 Å². The molecule has 0 amide bonds. The number of morpholine rings is 1. The lowest BCUT2D eigenvalue weighted by Gasteiger charge is -2.38. The normalized spacial score (nSPS) is 23.0. The second-order valence-corrected chi connectivity index (χ2v) is 6.22. The molecule has 0 bridgehead atoms. The lowest BCUT2D eigenvalue weighted by molar-refractivity contribution is -0.0601. The molecule has 1 heterocycles. The first kappa shape index (κ1) is 15.9. The SMILES string of the molecule is CCN(CC1CN(C(C)C)CCO1)CC(C)(C)O. The monoisotopic (exact) mass is 258 g/mol. The molecule has 1 rings (SSSR count). The van der Waals surface area contributed by atoms with E-state index >= 15 is 0 Å². The lowest BCUT2D eigenvalue weighted by Crippen LogP contribution is -2.51. The number of rotatable bonds is 6. The first-order valence-electron chi connectivity index (χ1n) is 7.12. The zero-order chi connectivity index (χ0) is 13.8. The highest BCUT2D eigenvalue weighted by molar-refractivity contribution is 4.79. The van der Waals surface area contributed by atoms with Gasteiger partial charge in [0.1, 0.15) is 0 Å². The number of hydrogen-bond donors (Lipinski definition) is 1. The molecule has 0 aliphatic carbocycles. The minimum atomic E-state index is -0.636. The number of aliphatic hydroxyl groups is 1. The van der Waals surface area contributed by atoms with Crippen LogP contribution in [0, 0.1) is 0 Å². The van der Waals surface area contributed by atoms with Crippen molar-refractivity contribution in [3.05, 3.63) is 0 Å². The molecule has 0 radical (unpaired) electrons. The molecule has 0 aromatic heterocycles. The first-order chi connectivity index (χ1) is 8.31. The molecule has 0 spiro atoms. The second kappa shape index (κ2) is 6.85. The van der Waals surface area contributed by atoms with Gasteiger partial charge in [-0.15, -0.1) is 0 Å². The Balaban J connectivity index is 2.44. The molecule has 1 aliphatic heterocycles. The molecule has 4 nitrogen and oxygen atoms in total.